The topological polar surface area (TPSA) is 81.4 Å². The monoisotopic (exact) mass is 290 g/mol. The summed E-state index contributed by atoms with van der Waals surface area (Å²) in [4.78, 5) is -0.0247. The zero-order valence-electron chi connectivity index (χ0n) is 10.9. The smallest absolute Gasteiger partial charge is 0.240 e. The highest BCUT2D eigenvalue weighted by Gasteiger charge is 2.14. The van der Waals surface area contributed by atoms with Crippen LogP contribution in [0.1, 0.15) is 19.3 Å². The van der Waals surface area contributed by atoms with Gasteiger partial charge in [-0.3, -0.25) is 0 Å². The van der Waals surface area contributed by atoms with Crippen molar-refractivity contribution in [1.29, 1.82) is 0 Å². The lowest BCUT2D eigenvalue weighted by Crippen LogP contribution is -2.25. The van der Waals surface area contributed by atoms with E-state index in [-0.39, 0.29) is 10.6 Å². The number of methoxy groups -OCH3 is 1. The van der Waals surface area contributed by atoms with Crippen LogP contribution in [0.4, 0.5) is 10.1 Å². The van der Waals surface area contributed by atoms with Crippen molar-refractivity contribution in [3.05, 3.63) is 24.0 Å². The quantitative estimate of drug-likeness (QED) is 0.561. The van der Waals surface area contributed by atoms with E-state index in [4.69, 9.17) is 10.5 Å². The number of rotatable bonds is 8. The van der Waals surface area contributed by atoms with Crippen LogP contribution in [0.3, 0.4) is 0 Å². The molecule has 0 aromatic heterocycles. The highest BCUT2D eigenvalue weighted by Crippen LogP contribution is 2.16. The molecule has 0 bridgehead atoms. The number of nitrogen functional groups attached to an aromatic ring is 1. The molecule has 0 aliphatic carbocycles. The fraction of sp³-hybridized carbons (Fsp3) is 0.500. The lowest BCUT2D eigenvalue weighted by molar-refractivity contribution is 0.192. The normalized spacial score (nSPS) is 11.7. The van der Waals surface area contributed by atoms with Crippen molar-refractivity contribution in [1.82, 2.24) is 4.72 Å². The van der Waals surface area contributed by atoms with Crippen LogP contribution >= 0.6 is 0 Å². The SMILES string of the molecule is COCCCCCNS(=O)(=O)c1ccc(F)c(N)c1. The molecule has 0 aliphatic heterocycles. The van der Waals surface area contributed by atoms with Gasteiger partial charge in [0.1, 0.15) is 5.82 Å². The lowest BCUT2D eigenvalue weighted by Gasteiger charge is -2.07. The molecule has 0 heterocycles. The number of unbranched alkanes of at least 4 members (excludes halogenated alkanes) is 2. The molecular formula is C12H19FN2O3S. The standard InChI is InChI=1S/C12H19FN2O3S/c1-18-8-4-2-3-7-15-19(16,17)10-5-6-11(13)12(14)9-10/h5-6,9,15H,2-4,7-8,14H2,1H3. The van der Waals surface area contributed by atoms with Gasteiger partial charge in [0, 0.05) is 20.3 Å². The molecule has 3 N–H and O–H groups in total. The van der Waals surface area contributed by atoms with Gasteiger partial charge in [0.05, 0.1) is 10.6 Å². The third-order valence-electron chi connectivity index (χ3n) is 2.60. The Hall–Kier alpha value is -1.18. The van der Waals surface area contributed by atoms with Crippen molar-refractivity contribution in [2.75, 3.05) is 26.0 Å². The molecule has 0 amide bonds. The Kier molecular flexibility index (Phi) is 6.20. The Morgan fingerprint density at radius 3 is 2.68 bits per heavy atom. The number of hydrogen-bond acceptors (Lipinski definition) is 4. The van der Waals surface area contributed by atoms with Gasteiger partial charge < -0.3 is 10.5 Å². The molecular weight excluding hydrogens is 271 g/mol. The summed E-state index contributed by atoms with van der Waals surface area (Å²) in [6.45, 7) is 1.00. The van der Waals surface area contributed by atoms with Gasteiger partial charge in [-0.05, 0) is 37.5 Å². The molecule has 0 unspecified atom stereocenters. The van der Waals surface area contributed by atoms with Crippen molar-refractivity contribution >= 4 is 15.7 Å². The van der Waals surface area contributed by atoms with Crippen molar-refractivity contribution < 1.29 is 17.5 Å². The Morgan fingerprint density at radius 1 is 1.32 bits per heavy atom. The zero-order chi connectivity index (χ0) is 14.3. The molecule has 0 radical (unpaired) electrons. The molecule has 1 rings (SSSR count). The molecule has 5 nitrogen and oxygen atoms in total. The first-order chi connectivity index (χ1) is 8.97. The number of nitrogens with one attached hydrogen (secondary N) is 1. The van der Waals surface area contributed by atoms with Gasteiger partial charge in [0.2, 0.25) is 10.0 Å². The Bertz CT molecular complexity index is 506. The van der Waals surface area contributed by atoms with Gasteiger partial charge in [-0.1, -0.05) is 0 Å². The predicted molar refractivity (Wildman–Crippen MR) is 71.7 cm³/mol. The summed E-state index contributed by atoms with van der Waals surface area (Å²) in [6, 6.07) is 3.35. The van der Waals surface area contributed by atoms with Gasteiger partial charge in [-0.2, -0.15) is 0 Å². The van der Waals surface area contributed by atoms with Crippen LogP contribution in [-0.4, -0.2) is 28.7 Å². The van der Waals surface area contributed by atoms with Crippen molar-refractivity contribution in [2.24, 2.45) is 0 Å². The minimum absolute atomic E-state index is 0.0247. The van der Waals surface area contributed by atoms with Gasteiger partial charge >= 0.3 is 0 Å². The second-order valence-corrected chi connectivity index (χ2v) is 5.90. The van der Waals surface area contributed by atoms with Crippen molar-refractivity contribution in [2.45, 2.75) is 24.2 Å². The second kappa shape index (κ2) is 7.42. The van der Waals surface area contributed by atoms with Crippen LogP contribution in [0, 0.1) is 5.82 Å². The van der Waals surface area contributed by atoms with Gasteiger partial charge in [0.25, 0.3) is 0 Å². The molecule has 0 fully saturated rings. The molecule has 0 atom stereocenters. The van der Waals surface area contributed by atoms with E-state index in [1.807, 2.05) is 0 Å². The predicted octanol–water partition coefficient (Wildman–Crippen LogP) is 1.50. The number of hydrogen-bond donors (Lipinski definition) is 2. The number of halogens is 1. The lowest BCUT2D eigenvalue weighted by atomic mass is 10.2. The van der Waals surface area contributed by atoms with Crippen molar-refractivity contribution in [3.8, 4) is 0 Å². The third-order valence-corrected chi connectivity index (χ3v) is 4.05. The average Bonchev–Trinajstić information content (AvgIpc) is 2.36. The van der Waals surface area contributed by atoms with E-state index >= 15 is 0 Å². The number of anilines is 1. The molecule has 108 valence electrons. The van der Waals surface area contributed by atoms with E-state index in [2.05, 4.69) is 4.72 Å². The fourth-order valence-electron chi connectivity index (χ4n) is 1.53. The average molecular weight is 290 g/mol. The zero-order valence-corrected chi connectivity index (χ0v) is 11.7. The van der Waals surface area contributed by atoms with Gasteiger partial charge in [-0.15, -0.1) is 0 Å². The Balaban J connectivity index is 2.49. The molecule has 0 saturated heterocycles. The van der Waals surface area contributed by atoms with E-state index in [0.717, 1.165) is 31.4 Å². The largest absolute Gasteiger partial charge is 0.396 e. The molecule has 7 heteroatoms. The van der Waals surface area contributed by atoms with E-state index in [0.29, 0.717) is 13.2 Å². The minimum atomic E-state index is -3.62. The highest BCUT2D eigenvalue weighted by atomic mass is 32.2. The maximum atomic E-state index is 13.0. The number of ether oxygens (including phenoxy) is 1. The Labute approximate surface area is 113 Å². The molecule has 1 aromatic carbocycles. The molecule has 1 aromatic rings. The van der Waals surface area contributed by atoms with E-state index in [1.165, 1.54) is 6.07 Å². The van der Waals surface area contributed by atoms with Crippen LogP contribution in [0.2, 0.25) is 0 Å². The summed E-state index contributed by atoms with van der Waals surface area (Å²) < 4.78 is 44.0. The first kappa shape index (κ1) is 15.9. The number of benzene rings is 1. The van der Waals surface area contributed by atoms with E-state index in [1.54, 1.807) is 7.11 Å². The van der Waals surface area contributed by atoms with Gasteiger partial charge in [-0.25, -0.2) is 17.5 Å². The molecule has 19 heavy (non-hydrogen) atoms. The van der Waals surface area contributed by atoms with E-state index < -0.39 is 15.8 Å². The maximum Gasteiger partial charge on any atom is 0.240 e. The van der Waals surface area contributed by atoms with Crippen LogP contribution in [0.5, 0.6) is 0 Å². The summed E-state index contributed by atoms with van der Waals surface area (Å²) in [6.07, 6.45) is 2.49. The molecule has 0 aliphatic rings. The first-order valence-corrected chi connectivity index (χ1v) is 7.49. The van der Waals surface area contributed by atoms with Crippen LogP contribution < -0.4 is 10.5 Å². The second-order valence-electron chi connectivity index (χ2n) is 4.13. The van der Waals surface area contributed by atoms with Crippen LogP contribution in [0.15, 0.2) is 23.1 Å². The fourth-order valence-corrected chi connectivity index (χ4v) is 2.64. The minimum Gasteiger partial charge on any atom is -0.396 e. The van der Waals surface area contributed by atoms with Crippen molar-refractivity contribution in [3.63, 3.8) is 0 Å². The summed E-state index contributed by atoms with van der Waals surface area (Å²) in [7, 11) is -1.99. The van der Waals surface area contributed by atoms with E-state index in [9.17, 15) is 12.8 Å². The maximum absolute atomic E-state index is 13.0. The number of nitrogens with two attached hydrogens (primary N) is 1. The summed E-state index contributed by atoms with van der Waals surface area (Å²) >= 11 is 0. The van der Waals surface area contributed by atoms with Crippen LogP contribution in [0.25, 0.3) is 0 Å². The summed E-state index contributed by atoms with van der Waals surface area (Å²) in [5, 5.41) is 0. The van der Waals surface area contributed by atoms with Gasteiger partial charge in [0.15, 0.2) is 0 Å². The number of sulfonamides is 1. The van der Waals surface area contributed by atoms with Crippen LogP contribution in [-0.2, 0) is 14.8 Å². The first-order valence-electron chi connectivity index (χ1n) is 6.01. The summed E-state index contributed by atoms with van der Waals surface area (Å²) in [5.41, 5.74) is 5.17. The Morgan fingerprint density at radius 2 is 2.05 bits per heavy atom. The summed E-state index contributed by atoms with van der Waals surface area (Å²) in [5.74, 6) is -0.626. The molecule has 0 spiro atoms. The third kappa shape index (κ3) is 5.14. The highest BCUT2D eigenvalue weighted by molar-refractivity contribution is 7.89. The molecule has 0 saturated carbocycles.